The molecule has 1 amide bonds. The minimum absolute atomic E-state index is 0.559. The number of carbonyl (C=O) groups is 2. The molecule has 0 radical (unpaired) electrons. The number of ether oxygens (including phenoxy) is 1. The molecule has 4 heteroatoms. The summed E-state index contributed by atoms with van der Waals surface area (Å²) in [6.07, 6.45) is 3.50. The lowest BCUT2D eigenvalue weighted by Crippen LogP contribution is -2.23. The van der Waals surface area contributed by atoms with Gasteiger partial charge in [0, 0.05) is 5.69 Å². The van der Waals surface area contributed by atoms with Crippen molar-refractivity contribution < 1.29 is 14.3 Å². The van der Waals surface area contributed by atoms with Gasteiger partial charge in [0.25, 0.3) is 0 Å². The maximum atomic E-state index is 11.4. The molecule has 0 unspecified atom stereocenters. The Morgan fingerprint density at radius 2 is 1.52 bits per heavy atom. The Morgan fingerprint density at radius 1 is 0.957 bits per heavy atom. The predicted molar refractivity (Wildman–Crippen MR) is 91.1 cm³/mol. The number of amides is 1. The van der Waals surface area contributed by atoms with Crippen molar-refractivity contribution in [3.05, 3.63) is 54.1 Å². The van der Waals surface area contributed by atoms with Crippen LogP contribution in [0.4, 0.5) is 5.69 Å². The number of esters is 1. The largest absolute Gasteiger partial charge is 0.462 e. The second kappa shape index (κ2) is 8.13. The van der Waals surface area contributed by atoms with Crippen LogP contribution in [0.3, 0.4) is 0 Å². The molecule has 120 valence electrons. The second-order valence-electron chi connectivity index (χ2n) is 5.32. The summed E-state index contributed by atoms with van der Waals surface area (Å²) in [5.41, 5.74) is 4.08. The fourth-order valence-corrected chi connectivity index (χ4v) is 2.27. The van der Waals surface area contributed by atoms with Gasteiger partial charge in [0.1, 0.15) is 0 Å². The highest BCUT2D eigenvalue weighted by Gasteiger charge is 2.13. The number of aryl methyl sites for hydroxylation is 1. The SMILES string of the molecule is CCCCc1ccc(-c2ccc(NC(=O)C(=O)OC)cc2)cc1. The van der Waals surface area contributed by atoms with Gasteiger partial charge in [-0.05, 0) is 41.7 Å². The highest BCUT2D eigenvalue weighted by atomic mass is 16.5. The summed E-state index contributed by atoms with van der Waals surface area (Å²) in [4.78, 5) is 22.5. The highest BCUT2D eigenvalue weighted by Crippen LogP contribution is 2.22. The minimum Gasteiger partial charge on any atom is -0.462 e. The van der Waals surface area contributed by atoms with Crippen molar-refractivity contribution in [3.63, 3.8) is 0 Å². The first kappa shape index (κ1) is 16.7. The average molecular weight is 311 g/mol. The first-order valence-electron chi connectivity index (χ1n) is 7.72. The summed E-state index contributed by atoms with van der Waals surface area (Å²) in [7, 11) is 1.18. The van der Waals surface area contributed by atoms with E-state index in [1.54, 1.807) is 12.1 Å². The Kier molecular flexibility index (Phi) is 5.92. The van der Waals surface area contributed by atoms with Gasteiger partial charge in [-0.2, -0.15) is 0 Å². The molecule has 4 nitrogen and oxygen atoms in total. The number of carbonyl (C=O) groups excluding carboxylic acids is 2. The normalized spacial score (nSPS) is 10.2. The number of benzene rings is 2. The van der Waals surface area contributed by atoms with E-state index in [0.29, 0.717) is 5.69 Å². The standard InChI is InChI=1S/C19H21NO3/c1-3-4-5-14-6-8-15(9-7-14)16-10-12-17(13-11-16)20-18(21)19(22)23-2/h6-13H,3-5H2,1-2H3,(H,20,21). The molecule has 23 heavy (non-hydrogen) atoms. The topological polar surface area (TPSA) is 55.4 Å². The first-order valence-corrected chi connectivity index (χ1v) is 7.72. The van der Waals surface area contributed by atoms with Gasteiger partial charge in [0.15, 0.2) is 0 Å². The zero-order valence-corrected chi connectivity index (χ0v) is 13.5. The van der Waals surface area contributed by atoms with Crippen molar-refractivity contribution in [1.29, 1.82) is 0 Å². The van der Waals surface area contributed by atoms with Crippen molar-refractivity contribution in [2.24, 2.45) is 0 Å². The molecule has 2 aromatic rings. The van der Waals surface area contributed by atoms with E-state index in [9.17, 15) is 9.59 Å². The third kappa shape index (κ3) is 4.68. The summed E-state index contributed by atoms with van der Waals surface area (Å²) in [5, 5.41) is 2.49. The van der Waals surface area contributed by atoms with E-state index in [2.05, 4.69) is 41.2 Å². The van der Waals surface area contributed by atoms with Crippen LogP contribution in [-0.2, 0) is 20.7 Å². The number of hydrogen-bond donors (Lipinski definition) is 1. The molecular weight excluding hydrogens is 290 g/mol. The summed E-state index contributed by atoms with van der Waals surface area (Å²) in [6.45, 7) is 2.19. The molecule has 0 aliphatic carbocycles. The molecule has 2 rings (SSSR count). The summed E-state index contributed by atoms with van der Waals surface area (Å²) in [5.74, 6) is -1.68. The van der Waals surface area contributed by atoms with Gasteiger partial charge in [-0.1, -0.05) is 49.7 Å². The summed E-state index contributed by atoms with van der Waals surface area (Å²) in [6, 6.07) is 15.9. The van der Waals surface area contributed by atoms with Gasteiger partial charge in [-0.15, -0.1) is 0 Å². The highest BCUT2D eigenvalue weighted by molar-refractivity contribution is 6.37. The van der Waals surface area contributed by atoms with E-state index < -0.39 is 11.9 Å². The van der Waals surface area contributed by atoms with E-state index in [1.807, 2.05) is 12.1 Å². The molecule has 0 atom stereocenters. The van der Waals surface area contributed by atoms with Crippen LogP contribution < -0.4 is 5.32 Å². The fraction of sp³-hybridized carbons (Fsp3) is 0.263. The van der Waals surface area contributed by atoms with Crippen LogP contribution in [0.5, 0.6) is 0 Å². The number of hydrogen-bond acceptors (Lipinski definition) is 3. The van der Waals surface area contributed by atoms with Gasteiger partial charge in [0.2, 0.25) is 0 Å². The zero-order chi connectivity index (χ0) is 16.7. The Morgan fingerprint density at radius 3 is 2.04 bits per heavy atom. The quantitative estimate of drug-likeness (QED) is 0.675. The molecule has 0 fully saturated rings. The molecule has 0 aromatic heterocycles. The molecule has 0 spiro atoms. The second-order valence-corrected chi connectivity index (χ2v) is 5.32. The Labute approximate surface area is 136 Å². The van der Waals surface area contributed by atoms with Crippen LogP contribution in [-0.4, -0.2) is 19.0 Å². The number of methoxy groups -OCH3 is 1. The van der Waals surface area contributed by atoms with Crippen molar-refractivity contribution in [3.8, 4) is 11.1 Å². The summed E-state index contributed by atoms with van der Waals surface area (Å²) >= 11 is 0. The third-order valence-corrected chi connectivity index (χ3v) is 3.62. The molecule has 0 saturated heterocycles. The van der Waals surface area contributed by atoms with Gasteiger partial charge < -0.3 is 10.1 Å². The van der Waals surface area contributed by atoms with Crippen LogP contribution in [0.15, 0.2) is 48.5 Å². The Bertz CT molecular complexity index is 660. The number of anilines is 1. The van der Waals surface area contributed by atoms with Crippen LogP contribution in [0, 0.1) is 0 Å². The van der Waals surface area contributed by atoms with Gasteiger partial charge in [-0.3, -0.25) is 4.79 Å². The first-order chi connectivity index (χ1) is 11.1. The molecule has 0 saturated carbocycles. The Balaban J connectivity index is 2.04. The fourth-order valence-electron chi connectivity index (χ4n) is 2.27. The maximum absolute atomic E-state index is 11.4. The van der Waals surface area contributed by atoms with Gasteiger partial charge in [-0.25, -0.2) is 4.79 Å². The molecule has 0 bridgehead atoms. The van der Waals surface area contributed by atoms with E-state index in [4.69, 9.17) is 0 Å². The van der Waals surface area contributed by atoms with Crippen LogP contribution in [0.25, 0.3) is 11.1 Å². The van der Waals surface area contributed by atoms with E-state index in [-0.39, 0.29) is 0 Å². The minimum atomic E-state index is -0.906. The van der Waals surface area contributed by atoms with Gasteiger partial charge in [0.05, 0.1) is 7.11 Å². The molecule has 0 heterocycles. The van der Waals surface area contributed by atoms with E-state index in [0.717, 1.165) is 17.5 Å². The smallest absolute Gasteiger partial charge is 0.396 e. The maximum Gasteiger partial charge on any atom is 0.396 e. The van der Waals surface area contributed by atoms with Crippen molar-refractivity contribution in [1.82, 2.24) is 0 Å². The van der Waals surface area contributed by atoms with Crippen LogP contribution >= 0.6 is 0 Å². The summed E-state index contributed by atoms with van der Waals surface area (Å²) < 4.78 is 4.37. The molecule has 0 aliphatic heterocycles. The molecule has 1 N–H and O–H groups in total. The number of unbranched alkanes of at least 4 members (excludes halogenated alkanes) is 1. The number of nitrogens with one attached hydrogen (secondary N) is 1. The zero-order valence-electron chi connectivity index (χ0n) is 13.5. The lowest BCUT2D eigenvalue weighted by molar-refractivity contribution is -0.150. The molecule has 0 aliphatic rings. The van der Waals surface area contributed by atoms with E-state index in [1.165, 1.54) is 25.5 Å². The third-order valence-electron chi connectivity index (χ3n) is 3.62. The van der Waals surface area contributed by atoms with Crippen molar-refractivity contribution in [2.75, 3.05) is 12.4 Å². The Hall–Kier alpha value is -2.62. The van der Waals surface area contributed by atoms with E-state index >= 15 is 0 Å². The lowest BCUT2D eigenvalue weighted by Gasteiger charge is -2.07. The molecular formula is C19H21NO3. The van der Waals surface area contributed by atoms with Crippen molar-refractivity contribution >= 4 is 17.6 Å². The van der Waals surface area contributed by atoms with Crippen LogP contribution in [0.2, 0.25) is 0 Å². The van der Waals surface area contributed by atoms with Crippen LogP contribution in [0.1, 0.15) is 25.3 Å². The molecule has 2 aromatic carbocycles. The monoisotopic (exact) mass is 311 g/mol. The van der Waals surface area contributed by atoms with Gasteiger partial charge >= 0.3 is 11.9 Å². The lowest BCUT2D eigenvalue weighted by atomic mass is 10.0. The predicted octanol–water partition coefficient (Wildman–Crippen LogP) is 3.81. The van der Waals surface area contributed by atoms with Crippen molar-refractivity contribution in [2.45, 2.75) is 26.2 Å². The number of rotatable bonds is 5. The average Bonchev–Trinajstić information content (AvgIpc) is 2.60.